The fourth-order valence-corrected chi connectivity index (χ4v) is 1.56. The monoisotopic (exact) mass is 291 g/mol. The highest BCUT2D eigenvalue weighted by molar-refractivity contribution is 14.1. The molecule has 1 aromatic rings. The van der Waals surface area contributed by atoms with Crippen LogP contribution in [0.4, 0.5) is 5.82 Å². The molecule has 0 saturated heterocycles. The van der Waals surface area contributed by atoms with E-state index in [2.05, 4.69) is 51.7 Å². The van der Waals surface area contributed by atoms with Crippen molar-refractivity contribution in [3.8, 4) is 0 Å². The summed E-state index contributed by atoms with van der Waals surface area (Å²) in [5.74, 6) is 0.948. The minimum Gasteiger partial charge on any atom is -0.366 e. The van der Waals surface area contributed by atoms with Gasteiger partial charge < -0.3 is 5.32 Å². The molecule has 13 heavy (non-hydrogen) atoms. The zero-order chi connectivity index (χ0) is 9.68. The Balaban J connectivity index is 2.67. The lowest BCUT2D eigenvalue weighted by atomic mass is 10.2. The quantitative estimate of drug-likeness (QED) is 0.867. The molecule has 0 aliphatic rings. The van der Waals surface area contributed by atoms with Gasteiger partial charge in [0, 0.05) is 12.2 Å². The predicted molar refractivity (Wildman–Crippen MR) is 62.7 cm³/mol. The van der Waals surface area contributed by atoms with Crippen LogP contribution in [0.2, 0.25) is 0 Å². The van der Waals surface area contributed by atoms with Gasteiger partial charge in [0.25, 0.3) is 0 Å². The van der Waals surface area contributed by atoms with E-state index in [-0.39, 0.29) is 0 Å². The molecule has 3 nitrogen and oxygen atoms in total. The summed E-state index contributed by atoms with van der Waals surface area (Å²) >= 11 is 2.24. The maximum absolute atomic E-state index is 4.18. The van der Waals surface area contributed by atoms with Gasteiger partial charge in [-0.2, -0.15) is 0 Å². The number of nitrogens with one attached hydrogen (secondary N) is 1. The molecule has 0 atom stereocenters. The van der Waals surface area contributed by atoms with Crippen LogP contribution in [-0.2, 0) is 0 Å². The standard InChI is InChI=1S/C9H14IN3/c1-3-7(4-2)13-9-8(10)5-11-6-12-9/h5-7H,3-4H2,1-2H3,(H,11,12,13). The summed E-state index contributed by atoms with van der Waals surface area (Å²) in [5, 5.41) is 3.39. The van der Waals surface area contributed by atoms with Gasteiger partial charge in [-0.3, -0.25) is 0 Å². The highest BCUT2D eigenvalue weighted by Crippen LogP contribution is 2.15. The van der Waals surface area contributed by atoms with E-state index >= 15 is 0 Å². The Bertz CT molecular complexity index is 261. The van der Waals surface area contributed by atoms with E-state index in [9.17, 15) is 0 Å². The summed E-state index contributed by atoms with van der Waals surface area (Å²) in [7, 11) is 0. The Morgan fingerprint density at radius 3 is 2.69 bits per heavy atom. The van der Waals surface area contributed by atoms with Crippen LogP contribution in [0.1, 0.15) is 26.7 Å². The maximum atomic E-state index is 4.18. The van der Waals surface area contributed by atoms with Gasteiger partial charge in [-0.1, -0.05) is 13.8 Å². The summed E-state index contributed by atoms with van der Waals surface area (Å²) in [6.07, 6.45) is 5.64. The van der Waals surface area contributed by atoms with Gasteiger partial charge in [-0.05, 0) is 35.4 Å². The molecule has 0 spiro atoms. The van der Waals surface area contributed by atoms with Gasteiger partial charge in [0.15, 0.2) is 0 Å². The number of aromatic nitrogens is 2. The van der Waals surface area contributed by atoms with Gasteiger partial charge in [0.2, 0.25) is 0 Å². The first-order valence-electron chi connectivity index (χ1n) is 4.50. The van der Waals surface area contributed by atoms with Crippen LogP contribution in [0.15, 0.2) is 12.5 Å². The first kappa shape index (κ1) is 10.7. The number of hydrogen-bond acceptors (Lipinski definition) is 3. The molecule has 0 amide bonds. The van der Waals surface area contributed by atoms with Crippen LogP contribution in [0, 0.1) is 3.57 Å². The summed E-state index contributed by atoms with van der Waals surface area (Å²) in [5.41, 5.74) is 0. The van der Waals surface area contributed by atoms with Crippen molar-refractivity contribution in [2.24, 2.45) is 0 Å². The first-order chi connectivity index (χ1) is 6.27. The normalized spacial score (nSPS) is 10.5. The fourth-order valence-electron chi connectivity index (χ4n) is 1.11. The lowest BCUT2D eigenvalue weighted by Crippen LogP contribution is -2.18. The van der Waals surface area contributed by atoms with Crippen molar-refractivity contribution in [2.75, 3.05) is 5.32 Å². The van der Waals surface area contributed by atoms with Crippen LogP contribution < -0.4 is 5.32 Å². The second kappa shape index (κ2) is 5.36. The highest BCUT2D eigenvalue weighted by atomic mass is 127. The van der Waals surface area contributed by atoms with Gasteiger partial charge >= 0.3 is 0 Å². The van der Waals surface area contributed by atoms with Gasteiger partial charge in [-0.25, -0.2) is 9.97 Å². The third-order valence-corrected chi connectivity index (χ3v) is 2.78. The minimum atomic E-state index is 0.517. The molecular weight excluding hydrogens is 277 g/mol. The second-order valence-corrected chi connectivity index (χ2v) is 4.04. The van der Waals surface area contributed by atoms with Gasteiger partial charge in [0.1, 0.15) is 12.1 Å². The molecule has 1 rings (SSSR count). The molecule has 0 fully saturated rings. The van der Waals surface area contributed by atoms with E-state index in [1.54, 1.807) is 6.33 Å². The second-order valence-electron chi connectivity index (χ2n) is 2.88. The Hall–Kier alpha value is -0.390. The SMILES string of the molecule is CCC(CC)Nc1ncncc1I. The van der Waals surface area contributed by atoms with Crippen molar-refractivity contribution in [2.45, 2.75) is 32.7 Å². The van der Waals surface area contributed by atoms with E-state index in [1.807, 2.05) is 6.20 Å². The van der Waals surface area contributed by atoms with Crippen LogP contribution in [0.3, 0.4) is 0 Å². The van der Waals surface area contributed by atoms with Crippen LogP contribution >= 0.6 is 22.6 Å². The van der Waals surface area contributed by atoms with Crippen molar-refractivity contribution < 1.29 is 0 Å². The molecule has 0 aliphatic carbocycles. The summed E-state index contributed by atoms with van der Waals surface area (Å²) in [6, 6.07) is 0.517. The minimum absolute atomic E-state index is 0.517. The topological polar surface area (TPSA) is 37.8 Å². The molecule has 0 bridgehead atoms. The maximum Gasteiger partial charge on any atom is 0.143 e. The number of rotatable bonds is 4. The molecule has 0 saturated carbocycles. The fraction of sp³-hybridized carbons (Fsp3) is 0.556. The van der Waals surface area contributed by atoms with E-state index in [0.29, 0.717) is 6.04 Å². The first-order valence-corrected chi connectivity index (χ1v) is 5.57. The number of halogens is 1. The van der Waals surface area contributed by atoms with Crippen molar-refractivity contribution in [3.63, 3.8) is 0 Å². The largest absolute Gasteiger partial charge is 0.366 e. The Morgan fingerprint density at radius 1 is 1.46 bits per heavy atom. The zero-order valence-electron chi connectivity index (χ0n) is 7.92. The predicted octanol–water partition coefficient (Wildman–Crippen LogP) is 2.68. The summed E-state index contributed by atoms with van der Waals surface area (Å²) < 4.78 is 1.08. The lowest BCUT2D eigenvalue weighted by Gasteiger charge is -2.15. The molecule has 4 heteroatoms. The Labute approximate surface area is 92.5 Å². The van der Waals surface area contributed by atoms with Gasteiger partial charge in [0.05, 0.1) is 3.57 Å². The van der Waals surface area contributed by atoms with E-state index in [4.69, 9.17) is 0 Å². The summed E-state index contributed by atoms with van der Waals surface area (Å²) in [4.78, 5) is 8.13. The lowest BCUT2D eigenvalue weighted by molar-refractivity contribution is 0.667. The molecule has 1 heterocycles. The molecule has 0 aromatic carbocycles. The van der Waals surface area contributed by atoms with Crippen LogP contribution in [0.5, 0.6) is 0 Å². The van der Waals surface area contributed by atoms with Crippen molar-refractivity contribution in [3.05, 3.63) is 16.1 Å². The third kappa shape index (κ3) is 3.10. The molecule has 0 radical (unpaired) electrons. The van der Waals surface area contributed by atoms with Crippen molar-refractivity contribution in [1.82, 2.24) is 9.97 Å². The van der Waals surface area contributed by atoms with Crippen LogP contribution in [-0.4, -0.2) is 16.0 Å². The molecule has 0 aliphatic heterocycles. The molecule has 1 N–H and O–H groups in total. The molecule has 0 unspecified atom stereocenters. The Kier molecular flexibility index (Phi) is 4.41. The molecular formula is C9H14IN3. The van der Waals surface area contributed by atoms with Crippen molar-refractivity contribution >= 4 is 28.4 Å². The van der Waals surface area contributed by atoms with E-state index < -0.39 is 0 Å². The Morgan fingerprint density at radius 2 is 2.15 bits per heavy atom. The highest BCUT2D eigenvalue weighted by Gasteiger charge is 2.06. The number of anilines is 1. The average Bonchev–Trinajstić information content (AvgIpc) is 2.17. The number of nitrogens with zero attached hydrogens (tertiary/aromatic N) is 2. The molecule has 72 valence electrons. The van der Waals surface area contributed by atoms with Gasteiger partial charge in [-0.15, -0.1) is 0 Å². The number of hydrogen-bond donors (Lipinski definition) is 1. The zero-order valence-corrected chi connectivity index (χ0v) is 10.1. The third-order valence-electron chi connectivity index (χ3n) is 1.99. The molecule has 1 aromatic heterocycles. The van der Waals surface area contributed by atoms with E-state index in [1.165, 1.54) is 0 Å². The average molecular weight is 291 g/mol. The van der Waals surface area contributed by atoms with Crippen LogP contribution in [0.25, 0.3) is 0 Å². The van der Waals surface area contributed by atoms with Crippen molar-refractivity contribution in [1.29, 1.82) is 0 Å². The summed E-state index contributed by atoms with van der Waals surface area (Å²) in [6.45, 7) is 4.35. The smallest absolute Gasteiger partial charge is 0.143 e. The van der Waals surface area contributed by atoms with E-state index in [0.717, 1.165) is 22.2 Å².